The van der Waals surface area contributed by atoms with Crippen LogP contribution < -0.4 is 0 Å². The molecule has 1 saturated heterocycles. The Morgan fingerprint density at radius 2 is 2.20 bits per heavy atom. The van der Waals surface area contributed by atoms with Gasteiger partial charge in [-0.25, -0.2) is 0 Å². The number of hydrogen-bond acceptors (Lipinski definition) is 4. The van der Waals surface area contributed by atoms with Gasteiger partial charge in [-0.2, -0.15) is 0 Å². The van der Waals surface area contributed by atoms with Gasteiger partial charge in [-0.1, -0.05) is 37.8 Å². The topological polar surface area (TPSA) is 47.9 Å². The summed E-state index contributed by atoms with van der Waals surface area (Å²) in [6.45, 7) is 7.71. The van der Waals surface area contributed by atoms with E-state index in [-0.39, 0.29) is 0 Å². The van der Waals surface area contributed by atoms with E-state index in [1.54, 1.807) is 6.08 Å². The highest BCUT2D eigenvalue weighted by atomic mass is 16.7. The Balaban J connectivity index is 2.26. The van der Waals surface area contributed by atoms with Gasteiger partial charge in [0.2, 0.25) is 0 Å². The molecule has 20 heavy (non-hydrogen) atoms. The highest BCUT2D eigenvalue weighted by Crippen LogP contribution is 2.31. The van der Waals surface area contributed by atoms with Gasteiger partial charge in [0.1, 0.15) is 0 Å². The lowest BCUT2D eigenvalue weighted by Gasteiger charge is -2.26. The van der Waals surface area contributed by atoms with Crippen LogP contribution >= 0.6 is 0 Å². The van der Waals surface area contributed by atoms with Crippen LogP contribution in [0.25, 0.3) is 6.08 Å². The second-order valence-corrected chi connectivity index (χ2v) is 4.70. The minimum absolute atomic E-state index is 0.393. The maximum atomic E-state index is 10.1. The van der Waals surface area contributed by atoms with Crippen LogP contribution in [0.4, 0.5) is 0 Å². The Hall–Kier alpha value is -1.20. The van der Waals surface area contributed by atoms with Crippen LogP contribution in [-0.4, -0.2) is 24.9 Å². The number of aliphatic hydroxyl groups is 1. The third-order valence-corrected chi connectivity index (χ3v) is 3.20. The molecular formula is C16H22O4. The van der Waals surface area contributed by atoms with E-state index in [0.29, 0.717) is 25.4 Å². The third-order valence-electron chi connectivity index (χ3n) is 3.20. The van der Waals surface area contributed by atoms with Gasteiger partial charge in [-0.3, -0.25) is 0 Å². The summed E-state index contributed by atoms with van der Waals surface area (Å²) in [6.07, 6.45) is 2.13. The second-order valence-electron chi connectivity index (χ2n) is 4.70. The van der Waals surface area contributed by atoms with Crippen molar-refractivity contribution in [2.45, 2.75) is 32.3 Å². The Bertz CT molecular complexity index is 438. The molecule has 0 spiro atoms. The lowest BCUT2D eigenvalue weighted by atomic mass is 9.99. The summed E-state index contributed by atoms with van der Waals surface area (Å²) in [5, 5.41) is 10.1. The molecule has 1 fully saturated rings. The van der Waals surface area contributed by atoms with Crippen molar-refractivity contribution in [3.8, 4) is 0 Å². The molecule has 1 aromatic carbocycles. The summed E-state index contributed by atoms with van der Waals surface area (Å²) in [5.41, 5.74) is 2.41. The molecule has 1 N–H and O–H groups in total. The summed E-state index contributed by atoms with van der Waals surface area (Å²) in [6, 6.07) is 5.64. The molecule has 0 amide bonds. The van der Waals surface area contributed by atoms with Crippen molar-refractivity contribution in [2.24, 2.45) is 0 Å². The van der Waals surface area contributed by atoms with E-state index in [4.69, 9.17) is 14.2 Å². The van der Waals surface area contributed by atoms with Crippen LogP contribution in [0.1, 0.15) is 49.0 Å². The van der Waals surface area contributed by atoms with E-state index in [0.717, 1.165) is 24.0 Å². The summed E-state index contributed by atoms with van der Waals surface area (Å²) >= 11 is 0. The molecule has 0 bridgehead atoms. The van der Waals surface area contributed by atoms with Crippen molar-refractivity contribution in [3.63, 3.8) is 0 Å². The molecule has 0 radical (unpaired) electrons. The monoisotopic (exact) mass is 278 g/mol. The highest BCUT2D eigenvalue weighted by Gasteiger charge is 2.22. The molecule has 1 aromatic rings. The largest absolute Gasteiger partial charge is 0.364 e. The van der Waals surface area contributed by atoms with Gasteiger partial charge in [-0.15, -0.1) is 0 Å². The lowest BCUT2D eigenvalue weighted by Crippen LogP contribution is -2.19. The zero-order chi connectivity index (χ0) is 14.4. The Kier molecular flexibility index (Phi) is 5.73. The first-order chi connectivity index (χ1) is 9.77. The predicted octanol–water partition coefficient (Wildman–Crippen LogP) is 3.18. The van der Waals surface area contributed by atoms with Crippen molar-refractivity contribution in [1.82, 2.24) is 0 Å². The standard InChI is InChI=1S/C16H22O4/c1-3-9-18-15(17)13-7-5-8-14(12(13)4-2)16-19-10-6-11-20-16/h4-5,7-8,15-17H,2-3,6,9-11H2,1H3. The van der Waals surface area contributed by atoms with Gasteiger partial charge < -0.3 is 19.3 Å². The fourth-order valence-corrected chi connectivity index (χ4v) is 2.24. The number of aliphatic hydroxyl groups excluding tert-OH is 1. The minimum atomic E-state index is -0.952. The maximum absolute atomic E-state index is 10.1. The number of rotatable bonds is 6. The molecule has 1 unspecified atom stereocenters. The highest BCUT2D eigenvalue weighted by molar-refractivity contribution is 5.57. The van der Waals surface area contributed by atoms with Crippen LogP contribution in [0.3, 0.4) is 0 Å². The molecule has 0 saturated carbocycles. The van der Waals surface area contributed by atoms with Crippen molar-refractivity contribution in [1.29, 1.82) is 0 Å². The molecule has 1 heterocycles. The molecule has 4 nitrogen and oxygen atoms in total. The molecule has 110 valence electrons. The number of benzene rings is 1. The zero-order valence-electron chi connectivity index (χ0n) is 11.9. The van der Waals surface area contributed by atoms with Crippen LogP contribution in [0.5, 0.6) is 0 Å². The van der Waals surface area contributed by atoms with E-state index in [1.807, 2.05) is 25.1 Å². The first kappa shape index (κ1) is 15.2. The Morgan fingerprint density at radius 1 is 1.45 bits per heavy atom. The maximum Gasteiger partial charge on any atom is 0.184 e. The SMILES string of the molecule is C=Cc1c(C(O)OCCC)cccc1C1OCCCO1. The quantitative estimate of drug-likeness (QED) is 0.812. The van der Waals surface area contributed by atoms with Crippen molar-refractivity contribution >= 4 is 6.08 Å². The van der Waals surface area contributed by atoms with Crippen LogP contribution in [-0.2, 0) is 14.2 Å². The molecular weight excluding hydrogens is 256 g/mol. The van der Waals surface area contributed by atoms with E-state index in [9.17, 15) is 5.11 Å². The van der Waals surface area contributed by atoms with E-state index < -0.39 is 12.6 Å². The Morgan fingerprint density at radius 3 is 2.85 bits per heavy atom. The Labute approximate surface area is 120 Å². The predicted molar refractivity (Wildman–Crippen MR) is 77.0 cm³/mol. The molecule has 1 aliphatic rings. The third kappa shape index (κ3) is 3.46. The van der Waals surface area contributed by atoms with Gasteiger partial charge >= 0.3 is 0 Å². The first-order valence-corrected chi connectivity index (χ1v) is 7.06. The van der Waals surface area contributed by atoms with E-state index >= 15 is 0 Å². The fraction of sp³-hybridized carbons (Fsp3) is 0.500. The summed E-state index contributed by atoms with van der Waals surface area (Å²) in [7, 11) is 0. The normalized spacial score (nSPS) is 17.9. The summed E-state index contributed by atoms with van der Waals surface area (Å²) < 4.78 is 16.6. The van der Waals surface area contributed by atoms with E-state index in [2.05, 4.69) is 6.58 Å². The van der Waals surface area contributed by atoms with Crippen molar-refractivity contribution in [3.05, 3.63) is 41.5 Å². The zero-order valence-corrected chi connectivity index (χ0v) is 11.9. The van der Waals surface area contributed by atoms with Gasteiger partial charge in [0.25, 0.3) is 0 Å². The van der Waals surface area contributed by atoms with Gasteiger partial charge in [0, 0.05) is 17.7 Å². The number of hydrogen-bond donors (Lipinski definition) is 1. The van der Waals surface area contributed by atoms with Crippen molar-refractivity contribution in [2.75, 3.05) is 19.8 Å². The summed E-state index contributed by atoms with van der Waals surface area (Å²) in [5.74, 6) is 0. The average Bonchev–Trinajstić information content (AvgIpc) is 2.52. The molecule has 2 rings (SSSR count). The average molecular weight is 278 g/mol. The molecule has 1 atom stereocenters. The molecule has 0 aliphatic carbocycles. The summed E-state index contributed by atoms with van der Waals surface area (Å²) in [4.78, 5) is 0. The van der Waals surface area contributed by atoms with Crippen molar-refractivity contribution < 1.29 is 19.3 Å². The smallest absolute Gasteiger partial charge is 0.184 e. The number of ether oxygens (including phenoxy) is 3. The minimum Gasteiger partial charge on any atom is -0.364 e. The van der Waals surface area contributed by atoms with E-state index in [1.165, 1.54) is 0 Å². The van der Waals surface area contributed by atoms with Gasteiger partial charge in [0.05, 0.1) is 13.2 Å². The lowest BCUT2D eigenvalue weighted by molar-refractivity contribution is -0.183. The second kappa shape index (κ2) is 7.55. The van der Waals surface area contributed by atoms with Crippen LogP contribution in [0, 0.1) is 0 Å². The molecule has 4 heteroatoms. The molecule has 0 aromatic heterocycles. The molecule has 1 aliphatic heterocycles. The fourth-order valence-electron chi connectivity index (χ4n) is 2.24. The van der Waals surface area contributed by atoms with Gasteiger partial charge in [0.15, 0.2) is 12.6 Å². The first-order valence-electron chi connectivity index (χ1n) is 7.06. The van der Waals surface area contributed by atoms with Crippen LogP contribution in [0.2, 0.25) is 0 Å². The van der Waals surface area contributed by atoms with Crippen LogP contribution in [0.15, 0.2) is 24.8 Å². The van der Waals surface area contributed by atoms with Gasteiger partial charge in [-0.05, 0) is 18.4 Å².